The van der Waals surface area contributed by atoms with Gasteiger partial charge in [0.1, 0.15) is 0 Å². The summed E-state index contributed by atoms with van der Waals surface area (Å²) < 4.78 is 0. The Morgan fingerprint density at radius 1 is 1.39 bits per heavy atom. The smallest absolute Gasteiger partial charge is 0.224 e. The van der Waals surface area contributed by atoms with Crippen LogP contribution in [-0.2, 0) is 4.79 Å². The van der Waals surface area contributed by atoms with Crippen LogP contribution in [-0.4, -0.2) is 29.9 Å². The maximum absolute atomic E-state index is 12.2. The van der Waals surface area contributed by atoms with Gasteiger partial charge in [0.2, 0.25) is 5.91 Å². The van der Waals surface area contributed by atoms with Crippen molar-refractivity contribution in [3.63, 3.8) is 0 Å². The minimum atomic E-state index is -0.224. The van der Waals surface area contributed by atoms with Gasteiger partial charge in [-0.15, -0.1) is 0 Å². The molecule has 4 N–H and O–H groups in total. The van der Waals surface area contributed by atoms with Crippen LogP contribution in [0.15, 0.2) is 30.3 Å². The lowest BCUT2D eigenvalue weighted by Gasteiger charge is -2.25. The lowest BCUT2D eigenvalue weighted by atomic mass is 10.0. The molecule has 1 aromatic rings. The molecule has 0 spiro atoms. The first-order chi connectivity index (χ1) is 8.72. The summed E-state index contributed by atoms with van der Waals surface area (Å²) in [5.74, 6) is 0.124. The number of carbonyl (C=O) groups is 1. The van der Waals surface area contributed by atoms with E-state index in [2.05, 4.69) is 0 Å². The van der Waals surface area contributed by atoms with Crippen molar-refractivity contribution in [2.24, 2.45) is 11.5 Å². The Labute approximate surface area is 108 Å². The number of carbonyl (C=O) groups excluding carboxylic acids is 1. The molecule has 2 atom stereocenters. The largest absolute Gasteiger partial charge is 0.338 e. The SMILES string of the molecule is NCC1CCCN1C(=O)CC(N)c1ccccc1. The van der Waals surface area contributed by atoms with Crippen LogP contribution < -0.4 is 11.5 Å². The van der Waals surface area contributed by atoms with Crippen molar-refractivity contribution in [1.82, 2.24) is 4.90 Å². The highest BCUT2D eigenvalue weighted by molar-refractivity contribution is 5.77. The summed E-state index contributed by atoms with van der Waals surface area (Å²) in [6.07, 6.45) is 2.43. The zero-order valence-corrected chi connectivity index (χ0v) is 10.6. The first-order valence-corrected chi connectivity index (χ1v) is 6.52. The van der Waals surface area contributed by atoms with Crippen LogP contribution >= 0.6 is 0 Å². The van der Waals surface area contributed by atoms with E-state index in [1.165, 1.54) is 0 Å². The van der Waals surface area contributed by atoms with E-state index in [1.54, 1.807) is 0 Å². The molecule has 2 unspecified atom stereocenters. The molecule has 18 heavy (non-hydrogen) atoms. The molecule has 1 heterocycles. The van der Waals surface area contributed by atoms with Gasteiger partial charge >= 0.3 is 0 Å². The van der Waals surface area contributed by atoms with Crippen LogP contribution in [0.4, 0.5) is 0 Å². The quantitative estimate of drug-likeness (QED) is 0.834. The summed E-state index contributed by atoms with van der Waals surface area (Å²) in [7, 11) is 0. The number of hydrogen-bond acceptors (Lipinski definition) is 3. The normalized spacial score (nSPS) is 21.0. The second-order valence-corrected chi connectivity index (χ2v) is 4.84. The summed E-state index contributed by atoms with van der Waals surface area (Å²) in [6.45, 7) is 1.37. The van der Waals surface area contributed by atoms with E-state index < -0.39 is 0 Å². The summed E-state index contributed by atoms with van der Waals surface area (Å²) in [6, 6.07) is 9.74. The highest BCUT2D eigenvalue weighted by atomic mass is 16.2. The van der Waals surface area contributed by atoms with Gasteiger partial charge in [0.15, 0.2) is 0 Å². The maximum Gasteiger partial charge on any atom is 0.224 e. The van der Waals surface area contributed by atoms with E-state index in [-0.39, 0.29) is 18.0 Å². The summed E-state index contributed by atoms with van der Waals surface area (Å²) in [4.78, 5) is 14.1. The predicted octanol–water partition coefficient (Wildman–Crippen LogP) is 1.03. The molecule has 0 saturated carbocycles. The third-order valence-electron chi connectivity index (χ3n) is 3.59. The first kappa shape index (κ1) is 13.1. The Morgan fingerprint density at radius 3 is 2.78 bits per heavy atom. The molecule has 1 saturated heterocycles. The predicted molar refractivity (Wildman–Crippen MR) is 71.8 cm³/mol. The molecule has 2 rings (SSSR count). The number of benzene rings is 1. The van der Waals surface area contributed by atoms with Gasteiger partial charge in [0, 0.05) is 31.6 Å². The van der Waals surface area contributed by atoms with Gasteiger partial charge in [-0.25, -0.2) is 0 Å². The van der Waals surface area contributed by atoms with Gasteiger partial charge in [-0.2, -0.15) is 0 Å². The monoisotopic (exact) mass is 247 g/mol. The van der Waals surface area contributed by atoms with Gasteiger partial charge in [0.05, 0.1) is 0 Å². The fraction of sp³-hybridized carbons (Fsp3) is 0.500. The van der Waals surface area contributed by atoms with Crippen molar-refractivity contribution >= 4 is 5.91 Å². The molecule has 0 aliphatic carbocycles. The van der Waals surface area contributed by atoms with Crippen molar-refractivity contribution in [2.45, 2.75) is 31.3 Å². The molecule has 98 valence electrons. The Hall–Kier alpha value is -1.39. The number of rotatable bonds is 4. The fourth-order valence-corrected chi connectivity index (χ4v) is 2.53. The molecule has 0 radical (unpaired) electrons. The molecule has 1 aliphatic rings. The molecule has 1 amide bonds. The molecular weight excluding hydrogens is 226 g/mol. The van der Waals surface area contributed by atoms with Crippen LogP contribution in [0, 0.1) is 0 Å². The van der Waals surface area contributed by atoms with Crippen molar-refractivity contribution in [2.75, 3.05) is 13.1 Å². The molecular formula is C14H21N3O. The van der Waals surface area contributed by atoms with Crippen LogP contribution in [0.25, 0.3) is 0 Å². The molecule has 4 heteroatoms. The highest BCUT2D eigenvalue weighted by Crippen LogP contribution is 2.20. The molecule has 1 fully saturated rings. The van der Waals surface area contributed by atoms with Crippen LogP contribution in [0.3, 0.4) is 0 Å². The summed E-state index contributed by atoms with van der Waals surface area (Å²) in [5, 5.41) is 0. The van der Waals surface area contributed by atoms with Crippen molar-refractivity contribution < 1.29 is 4.79 Å². The third-order valence-corrected chi connectivity index (χ3v) is 3.59. The van der Waals surface area contributed by atoms with Crippen molar-refractivity contribution in [1.29, 1.82) is 0 Å². The molecule has 4 nitrogen and oxygen atoms in total. The molecule has 1 aliphatic heterocycles. The molecule has 0 aromatic heterocycles. The maximum atomic E-state index is 12.2. The minimum absolute atomic E-state index is 0.124. The van der Waals surface area contributed by atoms with E-state index in [0.717, 1.165) is 24.9 Å². The van der Waals surface area contributed by atoms with E-state index in [0.29, 0.717) is 13.0 Å². The van der Waals surface area contributed by atoms with Crippen molar-refractivity contribution in [3.8, 4) is 0 Å². The van der Waals surface area contributed by atoms with E-state index >= 15 is 0 Å². The second-order valence-electron chi connectivity index (χ2n) is 4.84. The van der Waals surface area contributed by atoms with E-state index in [9.17, 15) is 4.79 Å². The van der Waals surface area contributed by atoms with Crippen molar-refractivity contribution in [3.05, 3.63) is 35.9 Å². The van der Waals surface area contributed by atoms with Gasteiger partial charge in [0.25, 0.3) is 0 Å². The van der Waals surface area contributed by atoms with Crippen LogP contribution in [0.5, 0.6) is 0 Å². The minimum Gasteiger partial charge on any atom is -0.338 e. The zero-order chi connectivity index (χ0) is 13.0. The van der Waals surface area contributed by atoms with Gasteiger partial charge in [-0.1, -0.05) is 30.3 Å². The van der Waals surface area contributed by atoms with Crippen LogP contribution in [0.1, 0.15) is 30.9 Å². The zero-order valence-electron chi connectivity index (χ0n) is 10.6. The van der Waals surface area contributed by atoms with E-state index in [1.807, 2.05) is 35.2 Å². The lowest BCUT2D eigenvalue weighted by molar-refractivity contribution is -0.132. The number of nitrogens with zero attached hydrogens (tertiary/aromatic N) is 1. The van der Waals surface area contributed by atoms with E-state index in [4.69, 9.17) is 11.5 Å². The van der Waals surface area contributed by atoms with Crippen LogP contribution in [0.2, 0.25) is 0 Å². The Balaban J connectivity index is 1.95. The number of nitrogens with two attached hydrogens (primary N) is 2. The number of hydrogen-bond donors (Lipinski definition) is 2. The summed E-state index contributed by atoms with van der Waals surface area (Å²) >= 11 is 0. The van der Waals surface area contributed by atoms with Gasteiger partial charge < -0.3 is 16.4 Å². The standard InChI is InChI=1S/C14H21N3O/c15-10-12-7-4-8-17(12)14(18)9-13(16)11-5-2-1-3-6-11/h1-3,5-6,12-13H,4,7-10,15-16H2. The number of likely N-dealkylation sites (tertiary alicyclic amines) is 1. The topological polar surface area (TPSA) is 72.3 Å². The summed E-state index contributed by atoms with van der Waals surface area (Å²) in [5.41, 5.74) is 12.8. The average Bonchev–Trinajstić information content (AvgIpc) is 2.88. The van der Waals surface area contributed by atoms with Gasteiger partial charge in [-0.05, 0) is 18.4 Å². The third kappa shape index (κ3) is 2.89. The Bertz CT molecular complexity index is 393. The number of amides is 1. The average molecular weight is 247 g/mol. The molecule has 1 aromatic carbocycles. The Kier molecular flexibility index (Phi) is 4.33. The van der Waals surface area contributed by atoms with Gasteiger partial charge in [-0.3, -0.25) is 4.79 Å². The highest BCUT2D eigenvalue weighted by Gasteiger charge is 2.28. The lowest BCUT2D eigenvalue weighted by Crippen LogP contribution is -2.41. The Morgan fingerprint density at radius 2 is 2.11 bits per heavy atom. The first-order valence-electron chi connectivity index (χ1n) is 6.52. The second kappa shape index (κ2) is 5.98. The fourth-order valence-electron chi connectivity index (χ4n) is 2.53. The molecule has 0 bridgehead atoms.